The third-order valence-electron chi connectivity index (χ3n) is 3.07. The summed E-state index contributed by atoms with van der Waals surface area (Å²) in [4.78, 5) is 15.1. The molecule has 100 valence electrons. The third kappa shape index (κ3) is 2.49. The van der Waals surface area contributed by atoms with E-state index in [0.29, 0.717) is 12.3 Å². The van der Waals surface area contributed by atoms with Gasteiger partial charge in [0.1, 0.15) is 0 Å². The minimum atomic E-state index is -0.213. The molecule has 1 amide bonds. The van der Waals surface area contributed by atoms with Crippen LogP contribution >= 0.6 is 0 Å². The van der Waals surface area contributed by atoms with Gasteiger partial charge in [0.05, 0.1) is 6.26 Å². The molecule has 3 rings (SSSR count). The first-order valence-corrected chi connectivity index (χ1v) is 6.37. The van der Waals surface area contributed by atoms with Gasteiger partial charge in [-0.2, -0.15) is 0 Å². The van der Waals surface area contributed by atoms with Crippen molar-refractivity contribution in [2.24, 2.45) is 0 Å². The lowest BCUT2D eigenvalue weighted by atomic mass is 10.1. The molecule has 0 saturated carbocycles. The Morgan fingerprint density at radius 3 is 2.75 bits per heavy atom. The Bertz CT molecular complexity index is 684. The molecule has 4 heteroatoms. The van der Waals surface area contributed by atoms with Gasteiger partial charge in [0.15, 0.2) is 5.76 Å². The number of amides is 1. The minimum absolute atomic E-state index is 0.213. The topological polar surface area (TPSA) is 58.0 Å². The highest BCUT2D eigenvalue weighted by atomic mass is 16.3. The number of hydrogen-bond acceptors (Lipinski definition) is 2. The highest BCUT2D eigenvalue weighted by molar-refractivity contribution is 5.98. The molecule has 4 nitrogen and oxygen atoms in total. The van der Waals surface area contributed by atoms with E-state index in [1.54, 1.807) is 6.07 Å². The van der Waals surface area contributed by atoms with Gasteiger partial charge >= 0.3 is 0 Å². The number of carbonyl (C=O) groups is 1. The molecule has 3 aromatic rings. The Morgan fingerprint density at radius 1 is 1.15 bits per heavy atom. The fraction of sp³-hybridized carbons (Fsp3) is 0.0625. The zero-order valence-electron chi connectivity index (χ0n) is 10.8. The highest BCUT2D eigenvalue weighted by Gasteiger charge is 2.16. The van der Waals surface area contributed by atoms with Gasteiger partial charge in [-0.25, -0.2) is 0 Å². The average molecular weight is 266 g/mol. The first-order chi connectivity index (χ1) is 9.84. The summed E-state index contributed by atoms with van der Waals surface area (Å²) in [6.45, 7) is 0.470. The van der Waals surface area contributed by atoms with Crippen molar-refractivity contribution in [3.05, 3.63) is 72.4 Å². The third-order valence-corrected chi connectivity index (χ3v) is 3.07. The predicted octanol–water partition coefficient (Wildman–Crippen LogP) is 3.20. The van der Waals surface area contributed by atoms with E-state index in [2.05, 4.69) is 10.3 Å². The van der Waals surface area contributed by atoms with Crippen molar-refractivity contribution in [2.75, 3.05) is 0 Å². The number of benzene rings is 1. The van der Waals surface area contributed by atoms with Crippen LogP contribution < -0.4 is 5.32 Å². The standard InChI is InChI=1S/C16H14N2O2/c19-16(18-11-12-6-8-17-10-12)15-14(7-9-20-15)13-4-2-1-3-5-13/h1-10,17H,11H2,(H,18,19). The molecule has 2 aromatic heterocycles. The van der Waals surface area contributed by atoms with Crippen LogP contribution in [0.3, 0.4) is 0 Å². The van der Waals surface area contributed by atoms with Crippen LogP contribution in [0, 0.1) is 0 Å². The molecule has 0 bridgehead atoms. The maximum Gasteiger partial charge on any atom is 0.287 e. The van der Waals surface area contributed by atoms with Crippen molar-refractivity contribution >= 4 is 5.91 Å². The van der Waals surface area contributed by atoms with Gasteiger partial charge in [-0.1, -0.05) is 30.3 Å². The molecule has 2 heterocycles. The summed E-state index contributed by atoms with van der Waals surface area (Å²) in [5, 5.41) is 2.84. The molecule has 0 aliphatic carbocycles. The molecular formula is C16H14N2O2. The first-order valence-electron chi connectivity index (χ1n) is 6.37. The van der Waals surface area contributed by atoms with E-state index in [9.17, 15) is 4.79 Å². The first kappa shape index (κ1) is 12.3. The number of furan rings is 1. The second kappa shape index (κ2) is 5.48. The number of hydrogen-bond donors (Lipinski definition) is 2. The second-order valence-electron chi connectivity index (χ2n) is 4.43. The summed E-state index contributed by atoms with van der Waals surface area (Å²) in [6, 6.07) is 13.4. The number of aromatic amines is 1. The Labute approximate surface area is 116 Å². The second-order valence-corrected chi connectivity index (χ2v) is 4.43. The van der Waals surface area contributed by atoms with Gasteiger partial charge in [-0.05, 0) is 23.3 Å². The SMILES string of the molecule is O=C(NCc1cc[nH]c1)c1occc1-c1ccccc1. The fourth-order valence-corrected chi connectivity index (χ4v) is 2.06. The molecule has 0 aliphatic heterocycles. The molecule has 1 aromatic carbocycles. The van der Waals surface area contributed by atoms with Crippen molar-refractivity contribution in [2.45, 2.75) is 6.54 Å². The van der Waals surface area contributed by atoms with Crippen LogP contribution in [0.15, 0.2) is 65.5 Å². The lowest BCUT2D eigenvalue weighted by Crippen LogP contribution is -2.22. The summed E-state index contributed by atoms with van der Waals surface area (Å²) in [6.07, 6.45) is 5.21. The molecule has 0 fully saturated rings. The van der Waals surface area contributed by atoms with Crippen LogP contribution in [0.1, 0.15) is 16.1 Å². The smallest absolute Gasteiger partial charge is 0.287 e. The Kier molecular flexibility index (Phi) is 3.37. The lowest BCUT2D eigenvalue weighted by Gasteiger charge is -2.04. The molecule has 0 atom stereocenters. The van der Waals surface area contributed by atoms with Crippen molar-refractivity contribution in [1.29, 1.82) is 0 Å². The van der Waals surface area contributed by atoms with E-state index in [1.807, 2.05) is 48.8 Å². The number of carbonyl (C=O) groups excluding carboxylic acids is 1. The minimum Gasteiger partial charge on any atom is -0.459 e. The summed E-state index contributed by atoms with van der Waals surface area (Å²) >= 11 is 0. The zero-order chi connectivity index (χ0) is 13.8. The molecule has 0 unspecified atom stereocenters. The van der Waals surface area contributed by atoms with Crippen molar-refractivity contribution < 1.29 is 9.21 Å². The van der Waals surface area contributed by atoms with Gasteiger partial charge in [-0.3, -0.25) is 4.79 Å². The Hall–Kier alpha value is -2.75. The summed E-state index contributed by atoms with van der Waals surface area (Å²) in [7, 11) is 0. The maximum absolute atomic E-state index is 12.2. The summed E-state index contributed by atoms with van der Waals surface area (Å²) in [5.41, 5.74) is 2.79. The predicted molar refractivity (Wildman–Crippen MR) is 76.1 cm³/mol. The Balaban J connectivity index is 1.77. The maximum atomic E-state index is 12.2. The van der Waals surface area contributed by atoms with Crippen LogP contribution in [-0.2, 0) is 6.54 Å². The van der Waals surface area contributed by atoms with Crippen LogP contribution in [-0.4, -0.2) is 10.9 Å². The van der Waals surface area contributed by atoms with Gasteiger partial charge in [0.2, 0.25) is 0 Å². The van der Waals surface area contributed by atoms with Gasteiger partial charge < -0.3 is 14.7 Å². The van der Waals surface area contributed by atoms with Gasteiger partial charge in [-0.15, -0.1) is 0 Å². The quantitative estimate of drug-likeness (QED) is 0.761. The zero-order valence-corrected chi connectivity index (χ0v) is 10.8. The normalized spacial score (nSPS) is 10.4. The van der Waals surface area contributed by atoms with Crippen LogP contribution in [0.4, 0.5) is 0 Å². The van der Waals surface area contributed by atoms with Crippen molar-refractivity contribution in [3.63, 3.8) is 0 Å². The number of nitrogens with one attached hydrogen (secondary N) is 2. The van der Waals surface area contributed by atoms with E-state index in [1.165, 1.54) is 6.26 Å². The average Bonchev–Trinajstić information content (AvgIpc) is 3.17. The van der Waals surface area contributed by atoms with E-state index in [0.717, 1.165) is 16.7 Å². The largest absolute Gasteiger partial charge is 0.459 e. The number of H-pyrrole nitrogens is 1. The van der Waals surface area contributed by atoms with Crippen molar-refractivity contribution in [1.82, 2.24) is 10.3 Å². The highest BCUT2D eigenvalue weighted by Crippen LogP contribution is 2.24. The summed E-state index contributed by atoms with van der Waals surface area (Å²) in [5.74, 6) is 0.127. The summed E-state index contributed by atoms with van der Waals surface area (Å²) < 4.78 is 5.33. The van der Waals surface area contributed by atoms with Crippen LogP contribution in [0.5, 0.6) is 0 Å². The monoisotopic (exact) mass is 266 g/mol. The Morgan fingerprint density at radius 2 is 2.00 bits per heavy atom. The molecule has 2 N–H and O–H groups in total. The van der Waals surface area contributed by atoms with Crippen LogP contribution in [0.2, 0.25) is 0 Å². The van der Waals surface area contributed by atoms with E-state index in [4.69, 9.17) is 4.42 Å². The number of aromatic nitrogens is 1. The molecule has 0 saturated heterocycles. The molecule has 0 spiro atoms. The van der Waals surface area contributed by atoms with Gasteiger partial charge in [0, 0.05) is 24.5 Å². The molecule has 20 heavy (non-hydrogen) atoms. The van der Waals surface area contributed by atoms with Crippen LogP contribution in [0.25, 0.3) is 11.1 Å². The van der Waals surface area contributed by atoms with Gasteiger partial charge in [0.25, 0.3) is 5.91 Å². The van der Waals surface area contributed by atoms with E-state index < -0.39 is 0 Å². The lowest BCUT2D eigenvalue weighted by molar-refractivity contribution is 0.0924. The number of rotatable bonds is 4. The fourth-order valence-electron chi connectivity index (χ4n) is 2.06. The molecular weight excluding hydrogens is 252 g/mol. The van der Waals surface area contributed by atoms with E-state index >= 15 is 0 Å². The molecule has 0 radical (unpaired) electrons. The van der Waals surface area contributed by atoms with E-state index in [-0.39, 0.29) is 5.91 Å². The van der Waals surface area contributed by atoms with Crippen molar-refractivity contribution in [3.8, 4) is 11.1 Å². The molecule has 0 aliphatic rings.